The molecule has 0 unspecified atom stereocenters. The number of aryl methyl sites for hydroxylation is 2. The van der Waals surface area contributed by atoms with Crippen LogP contribution in [0, 0.1) is 13.8 Å². The van der Waals surface area contributed by atoms with Crippen LogP contribution in [-0.4, -0.2) is 19.2 Å². The molecule has 6 heteroatoms. The Bertz CT molecular complexity index is 807. The summed E-state index contributed by atoms with van der Waals surface area (Å²) < 4.78 is 25.3. The van der Waals surface area contributed by atoms with Crippen LogP contribution in [0.1, 0.15) is 23.6 Å². The molecule has 0 fully saturated rings. The zero-order valence-electron chi connectivity index (χ0n) is 11.8. The molecule has 0 bridgehead atoms. The minimum Gasteiger partial charge on any atom is -0.321 e. The molecule has 0 aliphatic carbocycles. The fraction of sp³-hybridized carbons (Fsp3) is 0.357. The fourth-order valence-corrected chi connectivity index (χ4v) is 2.57. The van der Waals surface area contributed by atoms with Crippen LogP contribution in [-0.2, 0) is 16.6 Å². The second kappa shape index (κ2) is 5.38. The first-order valence-electron chi connectivity index (χ1n) is 6.43. The number of benzene rings is 1. The lowest BCUT2D eigenvalue weighted by atomic mass is 10.0. The maximum absolute atomic E-state index is 12.0. The van der Waals surface area contributed by atoms with Crippen LogP contribution >= 0.6 is 0 Å². The van der Waals surface area contributed by atoms with Gasteiger partial charge in [0.1, 0.15) is 0 Å². The first kappa shape index (κ1) is 14.7. The van der Waals surface area contributed by atoms with Gasteiger partial charge in [-0.25, -0.2) is 13.1 Å². The van der Waals surface area contributed by atoms with Gasteiger partial charge in [-0.3, -0.25) is 4.79 Å². The van der Waals surface area contributed by atoms with Crippen molar-refractivity contribution in [2.45, 2.75) is 27.3 Å². The summed E-state index contributed by atoms with van der Waals surface area (Å²) in [5.41, 5.74) is 3.09. The third-order valence-electron chi connectivity index (χ3n) is 3.49. The number of H-pyrrole nitrogens is 1. The zero-order valence-corrected chi connectivity index (χ0v) is 12.6. The smallest absolute Gasteiger partial charge is 0.252 e. The van der Waals surface area contributed by atoms with Gasteiger partial charge in [-0.05, 0) is 43.4 Å². The number of aromatic amines is 1. The highest BCUT2D eigenvalue weighted by molar-refractivity contribution is 7.89. The van der Waals surface area contributed by atoms with Gasteiger partial charge in [0.2, 0.25) is 10.0 Å². The van der Waals surface area contributed by atoms with Crippen LogP contribution in [0.15, 0.2) is 23.0 Å². The van der Waals surface area contributed by atoms with Crippen molar-refractivity contribution in [1.82, 2.24) is 9.71 Å². The molecule has 0 aliphatic rings. The van der Waals surface area contributed by atoms with E-state index in [-0.39, 0.29) is 17.9 Å². The average Bonchev–Trinajstić information content (AvgIpc) is 2.42. The fourth-order valence-electron chi connectivity index (χ4n) is 1.99. The van der Waals surface area contributed by atoms with Gasteiger partial charge in [-0.1, -0.05) is 12.1 Å². The maximum Gasteiger partial charge on any atom is 0.252 e. The molecule has 0 atom stereocenters. The Kier molecular flexibility index (Phi) is 3.96. The van der Waals surface area contributed by atoms with E-state index in [9.17, 15) is 13.2 Å². The van der Waals surface area contributed by atoms with Gasteiger partial charge in [-0.2, -0.15) is 0 Å². The third-order valence-corrected chi connectivity index (χ3v) is 4.83. The lowest BCUT2D eigenvalue weighted by molar-refractivity contribution is 0.582. The summed E-state index contributed by atoms with van der Waals surface area (Å²) in [5.74, 6) is -0.00319. The molecule has 0 saturated heterocycles. The summed E-state index contributed by atoms with van der Waals surface area (Å²) in [6.07, 6.45) is 0. The van der Waals surface area contributed by atoms with E-state index < -0.39 is 10.0 Å². The van der Waals surface area contributed by atoms with Crippen molar-refractivity contribution >= 4 is 20.9 Å². The van der Waals surface area contributed by atoms with E-state index in [4.69, 9.17) is 0 Å². The molecular formula is C14H18N2O3S. The van der Waals surface area contributed by atoms with E-state index >= 15 is 0 Å². The highest BCUT2D eigenvalue weighted by Gasteiger charge is 2.10. The Balaban J connectivity index is 2.44. The minimum atomic E-state index is -3.31. The lowest BCUT2D eigenvalue weighted by Crippen LogP contribution is -2.28. The second-order valence-electron chi connectivity index (χ2n) is 4.82. The van der Waals surface area contributed by atoms with E-state index in [2.05, 4.69) is 9.71 Å². The van der Waals surface area contributed by atoms with Crippen molar-refractivity contribution in [2.75, 3.05) is 5.75 Å². The topological polar surface area (TPSA) is 79.0 Å². The van der Waals surface area contributed by atoms with Gasteiger partial charge in [0, 0.05) is 12.1 Å². The molecule has 108 valence electrons. The van der Waals surface area contributed by atoms with E-state index in [0.717, 1.165) is 22.0 Å². The summed E-state index contributed by atoms with van der Waals surface area (Å²) in [6.45, 7) is 5.50. The largest absolute Gasteiger partial charge is 0.321 e. The van der Waals surface area contributed by atoms with Gasteiger partial charge in [0.05, 0.1) is 11.3 Å². The maximum atomic E-state index is 12.0. The Morgan fingerprint density at radius 1 is 1.25 bits per heavy atom. The number of pyridine rings is 1. The number of hydrogen-bond acceptors (Lipinski definition) is 3. The molecule has 0 radical (unpaired) electrons. The molecular weight excluding hydrogens is 276 g/mol. The van der Waals surface area contributed by atoms with Crippen molar-refractivity contribution < 1.29 is 8.42 Å². The molecule has 0 spiro atoms. The Morgan fingerprint density at radius 2 is 1.95 bits per heavy atom. The van der Waals surface area contributed by atoms with Crippen LogP contribution in [0.25, 0.3) is 10.9 Å². The molecule has 1 aromatic heterocycles. The molecule has 0 aliphatic heterocycles. The highest BCUT2D eigenvalue weighted by Crippen LogP contribution is 2.18. The Morgan fingerprint density at radius 3 is 2.60 bits per heavy atom. The summed E-state index contributed by atoms with van der Waals surface area (Å²) in [7, 11) is -3.31. The first-order valence-corrected chi connectivity index (χ1v) is 8.08. The van der Waals surface area contributed by atoms with E-state index in [0.29, 0.717) is 5.56 Å². The number of nitrogens with one attached hydrogen (secondary N) is 2. The average molecular weight is 294 g/mol. The van der Waals surface area contributed by atoms with Crippen molar-refractivity contribution in [2.24, 2.45) is 0 Å². The number of rotatable bonds is 4. The van der Waals surface area contributed by atoms with E-state index in [1.165, 1.54) is 0 Å². The van der Waals surface area contributed by atoms with Gasteiger partial charge >= 0.3 is 0 Å². The Labute approximate surface area is 118 Å². The van der Waals surface area contributed by atoms with Crippen LogP contribution in [0.4, 0.5) is 0 Å². The van der Waals surface area contributed by atoms with Crippen molar-refractivity contribution in [3.63, 3.8) is 0 Å². The van der Waals surface area contributed by atoms with Crippen molar-refractivity contribution in [1.29, 1.82) is 0 Å². The highest BCUT2D eigenvalue weighted by atomic mass is 32.2. The summed E-state index contributed by atoms with van der Waals surface area (Å²) in [5, 5.41) is 0.901. The molecule has 20 heavy (non-hydrogen) atoms. The number of fused-ring (bicyclic) bond motifs is 1. The number of sulfonamides is 1. The lowest BCUT2D eigenvalue weighted by Gasteiger charge is -2.08. The minimum absolute atomic E-state index is 0.00319. The predicted molar refractivity (Wildman–Crippen MR) is 80.3 cm³/mol. The molecule has 5 nitrogen and oxygen atoms in total. The number of aromatic nitrogens is 1. The second-order valence-corrected chi connectivity index (χ2v) is 6.92. The van der Waals surface area contributed by atoms with Crippen LogP contribution in [0.5, 0.6) is 0 Å². The SMILES string of the molecule is CCS(=O)(=O)NCc1cc2ccc(C)c(C)c2[nH]c1=O. The van der Waals surface area contributed by atoms with E-state index in [1.807, 2.05) is 26.0 Å². The monoisotopic (exact) mass is 294 g/mol. The van der Waals surface area contributed by atoms with Gasteiger partial charge in [0.15, 0.2) is 0 Å². The van der Waals surface area contributed by atoms with Crippen LogP contribution in [0.2, 0.25) is 0 Å². The van der Waals surface area contributed by atoms with Crippen molar-refractivity contribution in [3.8, 4) is 0 Å². The molecule has 2 aromatic rings. The summed E-state index contributed by atoms with van der Waals surface area (Å²) >= 11 is 0. The molecule has 2 rings (SSSR count). The van der Waals surface area contributed by atoms with Gasteiger partial charge in [-0.15, -0.1) is 0 Å². The Hall–Kier alpha value is -1.66. The number of hydrogen-bond donors (Lipinski definition) is 2. The quantitative estimate of drug-likeness (QED) is 0.898. The normalized spacial score (nSPS) is 11.9. The molecule has 0 saturated carbocycles. The first-order chi connectivity index (χ1) is 9.34. The molecule has 0 amide bonds. The van der Waals surface area contributed by atoms with Crippen molar-refractivity contribution in [3.05, 3.63) is 45.2 Å². The van der Waals surface area contributed by atoms with Crippen LogP contribution < -0.4 is 10.3 Å². The summed E-state index contributed by atoms with van der Waals surface area (Å²) in [6, 6.07) is 5.64. The molecule has 2 N–H and O–H groups in total. The predicted octanol–water partition coefficient (Wildman–Crippen LogP) is 1.58. The van der Waals surface area contributed by atoms with Gasteiger partial charge in [0.25, 0.3) is 5.56 Å². The summed E-state index contributed by atoms with van der Waals surface area (Å²) in [4.78, 5) is 14.8. The van der Waals surface area contributed by atoms with Crippen LogP contribution in [0.3, 0.4) is 0 Å². The van der Waals surface area contributed by atoms with E-state index in [1.54, 1.807) is 13.0 Å². The molecule has 1 heterocycles. The standard InChI is InChI=1S/C14H18N2O3S/c1-4-20(18,19)15-8-12-7-11-6-5-9(2)10(3)13(11)16-14(12)17/h5-7,15H,4,8H2,1-3H3,(H,16,17). The molecule has 1 aromatic carbocycles. The third kappa shape index (κ3) is 2.91. The van der Waals surface area contributed by atoms with Gasteiger partial charge < -0.3 is 4.98 Å². The zero-order chi connectivity index (χ0) is 14.9.